The van der Waals surface area contributed by atoms with Crippen LogP contribution in [0.25, 0.3) is 0 Å². The fraction of sp³-hybridized carbons (Fsp3) is 0.375. The molecule has 0 bridgehead atoms. The zero-order chi connectivity index (χ0) is 8.55. The molecule has 0 fully saturated rings. The number of hydrogen-bond acceptors (Lipinski definition) is 4. The van der Waals surface area contributed by atoms with E-state index in [0.29, 0.717) is 12.0 Å². The highest BCUT2D eigenvalue weighted by molar-refractivity contribution is 7.98. The molecule has 12 heavy (non-hydrogen) atoms. The normalized spacial score (nSPS) is 14.9. The van der Waals surface area contributed by atoms with Crippen LogP contribution in [0.15, 0.2) is 11.4 Å². The number of aryl methyl sites for hydroxylation is 1. The summed E-state index contributed by atoms with van der Waals surface area (Å²) in [7, 11) is 0. The van der Waals surface area contributed by atoms with Crippen LogP contribution >= 0.6 is 11.8 Å². The average molecular weight is 180 g/mol. The third kappa shape index (κ3) is 1.12. The lowest BCUT2D eigenvalue weighted by Gasteiger charge is -1.97. The van der Waals surface area contributed by atoms with Crippen molar-refractivity contribution in [3.05, 3.63) is 17.5 Å². The van der Waals surface area contributed by atoms with Crippen LogP contribution in [0, 0.1) is 0 Å². The van der Waals surface area contributed by atoms with Crippen LogP contribution in [0.3, 0.4) is 0 Å². The van der Waals surface area contributed by atoms with Crippen molar-refractivity contribution in [3.63, 3.8) is 0 Å². The van der Waals surface area contributed by atoms with Crippen molar-refractivity contribution in [1.82, 2.24) is 9.97 Å². The molecule has 0 unspecified atom stereocenters. The lowest BCUT2D eigenvalue weighted by atomic mass is 10.2. The molecule has 0 saturated heterocycles. The first-order valence-electron chi connectivity index (χ1n) is 3.74. The van der Waals surface area contributed by atoms with Crippen molar-refractivity contribution in [2.24, 2.45) is 0 Å². The van der Waals surface area contributed by atoms with Crippen LogP contribution < -0.4 is 0 Å². The third-order valence-electron chi connectivity index (χ3n) is 1.92. The van der Waals surface area contributed by atoms with E-state index in [1.165, 1.54) is 11.8 Å². The molecule has 1 aromatic rings. The predicted molar refractivity (Wildman–Crippen MR) is 46.5 cm³/mol. The van der Waals surface area contributed by atoms with Gasteiger partial charge in [-0.2, -0.15) is 0 Å². The van der Waals surface area contributed by atoms with Gasteiger partial charge < -0.3 is 0 Å². The number of carbonyl (C=O) groups excluding carboxylic acids is 1. The summed E-state index contributed by atoms with van der Waals surface area (Å²) in [4.78, 5) is 19.5. The highest BCUT2D eigenvalue weighted by atomic mass is 32.2. The lowest BCUT2D eigenvalue weighted by molar-refractivity contribution is 0.0994. The summed E-state index contributed by atoms with van der Waals surface area (Å²) in [5.74, 6) is 0.178. The summed E-state index contributed by atoms with van der Waals surface area (Å²) in [5.41, 5.74) is 1.63. The minimum absolute atomic E-state index is 0.178. The molecule has 0 spiro atoms. The number of rotatable bonds is 1. The predicted octanol–water partition coefficient (Wildman–Crippen LogP) is 1.33. The van der Waals surface area contributed by atoms with Crippen molar-refractivity contribution in [3.8, 4) is 0 Å². The molecule has 1 heterocycles. The number of thioether (sulfide) groups is 1. The van der Waals surface area contributed by atoms with E-state index in [0.717, 1.165) is 17.3 Å². The Hall–Kier alpha value is -0.900. The summed E-state index contributed by atoms with van der Waals surface area (Å²) in [6, 6.07) is 0. The van der Waals surface area contributed by atoms with Crippen LogP contribution in [-0.4, -0.2) is 22.0 Å². The highest BCUT2D eigenvalue weighted by Crippen LogP contribution is 2.20. The topological polar surface area (TPSA) is 42.9 Å². The van der Waals surface area contributed by atoms with Gasteiger partial charge >= 0.3 is 0 Å². The van der Waals surface area contributed by atoms with Crippen LogP contribution in [0.4, 0.5) is 0 Å². The first-order valence-corrected chi connectivity index (χ1v) is 4.97. The van der Waals surface area contributed by atoms with E-state index in [-0.39, 0.29) is 5.78 Å². The van der Waals surface area contributed by atoms with Crippen molar-refractivity contribution in [2.75, 3.05) is 6.26 Å². The second kappa shape index (κ2) is 2.86. The molecule has 0 radical (unpaired) electrons. The first-order chi connectivity index (χ1) is 5.81. The largest absolute Gasteiger partial charge is 0.294 e. The maximum absolute atomic E-state index is 11.2. The van der Waals surface area contributed by atoms with Crippen molar-refractivity contribution < 1.29 is 4.79 Å². The fourth-order valence-electron chi connectivity index (χ4n) is 1.29. The summed E-state index contributed by atoms with van der Waals surface area (Å²) < 4.78 is 0. The second-order valence-electron chi connectivity index (χ2n) is 2.64. The summed E-state index contributed by atoms with van der Waals surface area (Å²) in [5, 5.41) is 0.753. The van der Waals surface area contributed by atoms with Gasteiger partial charge in [0.05, 0.1) is 11.3 Å². The molecule has 1 aliphatic rings. The number of Topliss-reactive ketones (excluding diaryl/α,β-unsaturated/α-hetero) is 1. The van der Waals surface area contributed by atoms with E-state index < -0.39 is 0 Å². The van der Waals surface area contributed by atoms with E-state index >= 15 is 0 Å². The van der Waals surface area contributed by atoms with Gasteiger partial charge in [-0.05, 0) is 12.7 Å². The number of nitrogens with zero attached hydrogens (tertiary/aromatic N) is 2. The van der Waals surface area contributed by atoms with Gasteiger partial charge in [0, 0.05) is 12.6 Å². The number of fused-ring (bicyclic) bond motifs is 1. The van der Waals surface area contributed by atoms with Crippen LogP contribution in [0.1, 0.15) is 22.5 Å². The quantitative estimate of drug-likeness (QED) is 0.483. The molecule has 0 atom stereocenters. The number of aromatic nitrogens is 2. The fourth-order valence-corrected chi connectivity index (χ4v) is 1.65. The summed E-state index contributed by atoms with van der Waals surface area (Å²) in [6.45, 7) is 0. The standard InChI is InChI=1S/C8H8N2OS/c1-12-8-9-4-5-6(10-8)2-3-7(5)11/h4H,2-3H2,1H3. The number of ketones is 1. The van der Waals surface area contributed by atoms with Crippen LogP contribution in [-0.2, 0) is 6.42 Å². The summed E-state index contributed by atoms with van der Waals surface area (Å²) >= 11 is 1.50. The summed E-state index contributed by atoms with van der Waals surface area (Å²) in [6.07, 6.45) is 4.95. The second-order valence-corrected chi connectivity index (χ2v) is 3.41. The molecule has 3 nitrogen and oxygen atoms in total. The Morgan fingerprint density at radius 2 is 2.33 bits per heavy atom. The number of carbonyl (C=O) groups is 1. The van der Waals surface area contributed by atoms with E-state index in [9.17, 15) is 4.79 Å². The molecular formula is C8H8N2OS. The molecule has 0 aromatic carbocycles. The Morgan fingerprint density at radius 1 is 1.50 bits per heavy atom. The van der Waals surface area contributed by atoms with E-state index in [1.807, 2.05) is 6.26 Å². The van der Waals surface area contributed by atoms with Gasteiger partial charge in [0.1, 0.15) is 0 Å². The van der Waals surface area contributed by atoms with Gasteiger partial charge in [-0.3, -0.25) is 4.79 Å². The molecule has 2 rings (SSSR count). The Morgan fingerprint density at radius 3 is 3.08 bits per heavy atom. The monoisotopic (exact) mass is 180 g/mol. The maximum atomic E-state index is 11.2. The molecule has 0 saturated carbocycles. The van der Waals surface area contributed by atoms with Gasteiger partial charge in [-0.15, -0.1) is 0 Å². The van der Waals surface area contributed by atoms with Crippen LogP contribution in [0.5, 0.6) is 0 Å². The maximum Gasteiger partial charge on any atom is 0.187 e. The molecule has 0 aliphatic heterocycles. The molecule has 0 amide bonds. The Balaban J connectivity index is 2.48. The zero-order valence-corrected chi connectivity index (χ0v) is 7.52. The third-order valence-corrected chi connectivity index (χ3v) is 2.48. The molecule has 1 aromatic heterocycles. The van der Waals surface area contributed by atoms with Gasteiger partial charge in [-0.1, -0.05) is 11.8 Å². The van der Waals surface area contributed by atoms with Crippen molar-refractivity contribution in [2.45, 2.75) is 18.0 Å². The van der Waals surface area contributed by atoms with E-state index in [2.05, 4.69) is 9.97 Å². The smallest absolute Gasteiger partial charge is 0.187 e. The van der Waals surface area contributed by atoms with Crippen molar-refractivity contribution in [1.29, 1.82) is 0 Å². The minimum atomic E-state index is 0.178. The van der Waals surface area contributed by atoms with Gasteiger partial charge in [0.2, 0.25) is 0 Å². The van der Waals surface area contributed by atoms with E-state index in [1.54, 1.807) is 6.20 Å². The van der Waals surface area contributed by atoms with E-state index in [4.69, 9.17) is 0 Å². The average Bonchev–Trinajstić information content (AvgIpc) is 2.47. The molecular weight excluding hydrogens is 172 g/mol. The molecule has 4 heteroatoms. The minimum Gasteiger partial charge on any atom is -0.294 e. The van der Waals surface area contributed by atoms with Crippen molar-refractivity contribution >= 4 is 17.5 Å². The van der Waals surface area contributed by atoms with Gasteiger partial charge in [0.15, 0.2) is 10.9 Å². The number of hydrogen-bond donors (Lipinski definition) is 0. The lowest BCUT2D eigenvalue weighted by Crippen LogP contribution is -1.96. The van der Waals surface area contributed by atoms with Gasteiger partial charge in [0.25, 0.3) is 0 Å². The molecule has 1 aliphatic carbocycles. The SMILES string of the molecule is CSc1ncc2c(n1)CCC2=O. The first kappa shape index (κ1) is 7.73. The van der Waals surface area contributed by atoms with Gasteiger partial charge in [-0.25, -0.2) is 9.97 Å². The Bertz CT molecular complexity index is 338. The Kier molecular flexibility index (Phi) is 1.84. The highest BCUT2D eigenvalue weighted by Gasteiger charge is 2.21. The molecule has 62 valence electrons. The zero-order valence-electron chi connectivity index (χ0n) is 6.70. The molecule has 0 N–H and O–H groups in total. The Labute approximate surface area is 74.6 Å². The van der Waals surface area contributed by atoms with Crippen LogP contribution in [0.2, 0.25) is 0 Å².